The van der Waals surface area contributed by atoms with Gasteiger partial charge in [0.05, 0.1) is 18.3 Å². The lowest BCUT2D eigenvalue weighted by Gasteiger charge is -2.19. The molecule has 0 saturated carbocycles. The summed E-state index contributed by atoms with van der Waals surface area (Å²) >= 11 is 5.92. The normalized spacial score (nSPS) is 10.3. The van der Waals surface area contributed by atoms with Crippen LogP contribution in [0.1, 0.15) is 11.1 Å². The number of aromatic nitrogens is 1. The van der Waals surface area contributed by atoms with Crippen LogP contribution in [-0.4, -0.2) is 17.9 Å². The van der Waals surface area contributed by atoms with Gasteiger partial charge in [-0.05, 0) is 36.2 Å². The van der Waals surface area contributed by atoms with E-state index in [4.69, 9.17) is 11.6 Å². The van der Waals surface area contributed by atoms with Gasteiger partial charge in [-0.25, -0.2) is 0 Å². The lowest BCUT2D eigenvalue weighted by atomic mass is 10.1. The van der Waals surface area contributed by atoms with Gasteiger partial charge in [-0.15, -0.1) is 0 Å². The molecule has 0 radical (unpaired) electrons. The summed E-state index contributed by atoms with van der Waals surface area (Å²) in [7, 11) is 1.76. The minimum atomic E-state index is 0.0124. The Kier molecular flexibility index (Phi) is 4.17. The van der Waals surface area contributed by atoms with Crippen molar-refractivity contribution >= 4 is 23.2 Å². The fourth-order valence-corrected chi connectivity index (χ4v) is 2.09. The fraction of sp³-hybridized carbons (Fsp3) is 0.200. The first-order valence-corrected chi connectivity index (χ1v) is 6.37. The van der Waals surface area contributed by atoms with Gasteiger partial charge >= 0.3 is 0 Å². The molecule has 0 spiro atoms. The molecule has 19 heavy (non-hydrogen) atoms. The molecule has 1 amide bonds. The smallest absolute Gasteiger partial charge is 0.231 e. The Morgan fingerprint density at radius 1 is 1.37 bits per heavy atom. The van der Waals surface area contributed by atoms with Crippen LogP contribution in [0.25, 0.3) is 0 Å². The zero-order chi connectivity index (χ0) is 13.8. The van der Waals surface area contributed by atoms with Crippen molar-refractivity contribution in [1.82, 2.24) is 4.98 Å². The molecule has 0 atom stereocenters. The van der Waals surface area contributed by atoms with Gasteiger partial charge in [0.25, 0.3) is 0 Å². The van der Waals surface area contributed by atoms with Crippen LogP contribution >= 0.6 is 11.6 Å². The first-order valence-electron chi connectivity index (χ1n) is 5.99. The Hall–Kier alpha value is -1.87. The minimum absolute atomic E-state index is 0.0124. The first kappa shape index (κ1) is 13.6. The Morgan fingerprint density at radius 3 is 2.84 bits per heavy atom. The molecule has 3 nitrogen and oxygen atoms in total. The van der Waals surface area contributed by atoms with Crippen molar-refractivity contribution < 1.29 is 4.79 Å². The maximum atomic E-state index is 12.2. The van der Waals surface area contributed by atoms with Crippen molar-refractivity contribution in [3.8, 4) is 0 Å². The second kappa shape index (κ2) is 5.85. The number of anilines is 1. The van der Waals surface area contributed by atoms with Crippen LogP contribution in [0, 0.1) is 6.92 Å². The summed E-state index contributed by atoms with van der Waals surface area (Å²) in [6.07, 6.45) is 3.74. The number of hydrogen-bond acceptors (Lipinski definition) is 2. The molecule has 0 aliphatic rings. The minimum Gasteiger partial charge on any atom is -0.313 e. The van der Waals surface area contributed by atoms with Crippen molar-refractivity contribution in [2.24, 2.45) is 0 Å². The molecule has 0 N–H and O–H groups in total. The third kappa shape index (κ3) is 3.32. The molecule has 1 aromatic heterocycles. The predicted molar refractivity (Wildman–Crippen MR) is 77.5 cm³/mol. The summed E-state index contributed by atoms with van der Waals surface area (Å²) in [5.41, 5.74) is 2.76. The number of likely N-dealkylation sites (N-methyl/N-ethyl adjacent to an activating group) is 1. The number of nitrogens with zero attached hydrogens (tertiary/aromatic N) is 2. The molecular weight excluding hydrogens is 260 g/mol. The van der Waals surface area contributed by atoms with E-state index in [9.17, 15) is 4.79 Å². The van der Waals surface area contributed by atoms with Crippen molar-refractivity contribution in [1.29, 1.82) is 0 Å². The van der Waals surface area contributed by atoms with Gasteiger partial charge in [-0.3, -0.25) is 9.78 Å². The molecule has 0 bridgehead atoms. The second-order valence-electron chi connectivity index (χ2n) is 4.42. The fourth-order valence-electron chi connectivity index (χ4n) is 1.88. The molecule has 0 fully saturated rings. The molecular formula is C15H15ClN2O. The number of benzene rings is 1. The highest BCUT2D eigenvalue weighted by Crippen LogP contribution is 2.18. The molecule has 0 aliphatic heterocycles. The van der Waals surface area contributed by atoms with Gasteiger partial charge in [0.1, 0.15) is 0 Å². The second-order valence-corrected chi connectivity index (χ2v) is 4.86. The van der Waals surface area contributed by atoms with Crippen molar-refractivity contribution in [3.63, 3.8) is 0 Å². The lowest BCUT2D eigenvalue weighted by molar-refractivity contribution is -0.117. The maximum absolute atomic E-state index is 12.2. The number of aryl methyl sites for hydroxylation is 1. The number of pyridine rings is 1. The quantitative estimate of drug-likeness (QED) is 0.861. The Balaban J connectivity index is 2.14. The van der Waals surface area contributed by atoms with Crippen molar-refractivity contribution in [2.45, 2.75) is 13.3 Å². The molecule has 0 unspecified atom stereocenters. The SMILES string of the molecule is Cc1ccncc1N(C)C(=O)Cc1cccc(Cl)c1. The zero-order valence-electron chi connectivity index (χ0n) is 10.9. The number of carbonyl (C=O) groups is 1. The average Bonchev–Trinajstić information content (AvgIpc) is 2.38. The molecule has 98 valence electrons. The molecule has 0 saturated heterocycles. The van der Waals surface area contributed by atoms with Crippen LogP contribution in [0.4, 0.5) is 5.69 Å². The van der Waals surface area contributed by atoms with Gasteiger partial charge in [0, 0.05) is 18.3 Å². The Bertz CT molecular complexity index is 598. The van der Waals surface area contributed by atoms with E-state index >= 15 is 0 Å². The van der Waals surface area contributed by atoms with Gasteiger partial charge in [-0.2, -0.15) is 0 Å². The van der Waals surface area contributed by atoms with Gasteiger partial charge in [0.2, 0.25) is 5.91 Å². The van der Waals surface area contributed by atoms with E-state index < -0.39 is 0 Å². The summed E-state index contributed by atoms with van der Waals surface area (Å²) in [4.78, 5) is 17.9. The van der Waals surface area contributed by atoms with Crippen LogP contribution in [0.2, 0.25) is 5.02 Å². The van der Waals surface area contributed by atoms with E-state index in [2.05, 4.69) is 4.98 Å². The highest BCUT2D eigenvalue weighted by Gasteiger charge is 2.13. The van der Waals surface area contributed by atoms with E-state index in [0.717, 1.165) is 16.8 Å². The zero-order valence-corrected chi connectivity index (χ0v) is 11.7. The van der Waals surface area contributed by atoms with Gasteiger partial charge in [-0.1, -0.05) is 23.7 Å². The van der Waals surface area contributed by atoms with Gasteiger partial charge < -0.3 is 4.90 Å². The summed E-state index contributed by atoms with van der Waals surface area (Å²) in [6, 6.07) is 9.24. The lowest BCUT2D eigenvalue weighted by Crippen LogP contribution is -2.28. The molecule has 4 heteroatoms. The number of amides is 1. The highest BCUT2D eigenvalue weighted by molar-refractivity contribution is 6.30. The number of hydrogen-bond donors (Lipinski definition) is 0. The standard InChI is InChI=1S/C15H15ClN2O/c1-11-6-7-17-10-14(11)18(2)15(19)9-12-4-3-5-13(16)8-12/h3-8,10H,9H2,1-2H3. The number of rotatable bonds is 3. The van der Waals surface area contributed by atoms with Gasteiger partial charge in [0.15, 0.2) is 0 Å². The van der Waals surface area contributed by atoms with E-state index in [-0.39, 0.29) is 5.91 Å². The number of carbonyl (C=O) groups excluding carboxylic acids is 1. The van der Waals surface area contributed by atoms with E-state index in [1.807, 2.05) is 31.2 Å². The largest absolute Gasteiger partial charge is 0.313 e. The van der Waals surface area contributed by atoms with Crippen molar-refractivity contribution in [2.75, 3.05) is 11.9 Å². The molecule has 0 aliphatic carbocycles. The molecule has 2 aromatic rings. The van der Waals surface area contributed by atoms with Crippen LogP contribution in [-0.2, 0) is 11.2 Å². The molecule has 1 heterocycles. The third-order valence-electron chi connectivity index (χ3n) is 2.99. The Labute approximate surface area is 117 Å². The topological polar surface area (TPSA) is 33.2 Å². The van der Waals surface area contributed by atoms with Crippen molar-refractivity contribution in [3.05, 3.63) is 58.9 Å². The van der Waals surface area contributed by atoms with E-state index in [1.54, 1.807) is 30.4 Å². The van der Waals surface area contributed by atoms with Crippen LogP contribution in [0.5, 0.6) is 0 Å². The summed E-state index contributed by atoms with van der Waals surface area (Å²) in [5, 5.41) is 0.644. The molecule has 1 aromatic carbocycles. The summed E-state index contributed by atoms with van der Waals surface area (Å²) < 4.78 is 0. The van der Waals surface area contributed by atoms with Crippen LogP contribution < -0.4 is 4.90 Å². The Morgan fingerprint density at radius 2 is 2.16 bits per heavy atom. The van der Waals surface area contributed by atoms with Crippen LogP contribution in [0.3, 0.4) is 0 Å². The maximum Gasteiger partial charge on any atom is 0.231 e. The van der Waals surface area contributed by atoms with Crippen LogP contribution in [0.15, 0.2) is 42.7 Å². The highest BCUT2D eigenvalue weighted by atomic mass is 35.5. The average molecular weight is 275 g/mol. The predicted octanol–water partition coefficient (Wildman–Crippen LogP) is 3.25. The number of halogens is 1. The first-order chi connectivity index (χ1) is 9.08. The summed E-state index contributed by atoms with van der Waals surface area (Å²) in [5.74, 6) is 0.0124. The third-order valence-corrected chi connectivity index (χ3v) is 3.23. The summed E-state index contributed by atoms with van der Waals surface area (Å²) in [6.45, 7) is 1.96. The molecule has 2 rings (SSSR count). The monoisotopic (exact) mass is 274 g/mol. The van der Waals surface area contributed by atoms with E-state index in [0.29, 0.717) is 11.4 Å². The van der Waals surface area contributed by atoms with E-state index in [1.165, 1.54) is 0 Å².